The molecule has 0 bridgehead atoms. The van der Waals surface area contributed by atoms with E-state index in [0.717, 1.165) is 22.9 Å². The Hall–Kier alpha value is -5.66. The smallest absolute Gasteiger partial charge is 0.285 e. The number of ether oxygens (including phenoxy) is 2. The molecule has 0 radical (unpaired) electrons. The number of nitriles is 1. The average molecular weight is 633 g/mol. The highest BCUT2D eigenvalue weighted by Gasteiger charge is 2.35. The Bertz CT molecular complexity index is 1720. The van der Waals surface area contributed by atoms with Crippen LogP contribution in [0.2, 0.25) is 0 Å². The van der Waals surface area contributed by atoms with Crippen molar-refractivity contribution in [2.45, 2.75) is 13.0 Å². The van der Waals surface area contributed by atoms with Gasteiger partial charge in [-0.05, 0) is 47.9 Å². The van der Waals surface area contributed by atoms with E-state index in [9.17, 15) is 14.4 Å². The number of carbonyl (C=O) groups is 3. The fourth-order valence-corrected chi connectivity index (χ4v) is 5.37. The Morgan fingerprint density at radius 1 is 1.07 bits per heavy atom. The number of hydrogen-bond donors (Lipinski definition) is 1. The van der Waals surface area contributed by atoms with E-state index in [1.54, 1.807) is 49.4 Å². The van der Waals surface area contributed by atoms with Crippen LogP contribution >= 0.6 is 11.8 Å². The molecule has 46 heavy (non-hydrogen) atoms. The molecule has 4 rings (SSSR count). The fourth-order valence-electron chi connectivity index (χ4n) is 4.56. The van der Waals surface area contributed by atoms with Crippen molar-refractivity contribution in [1.29, 1.82) is 5.26 Å². The van der Waals surface area contributed by atoms with Gasteiger partial charge in [-0.3, -0.25) is 19.3 Å². The van der Waals surface area contributed by atoms with Crippen molar-refractivity contribution in [3.8, 4) is 17.6 Å². The quantitative estimate of drug-likeness (QED) is 0.148. The molecule has 3 aromatic carbocycles. The van der Waals surface area contributed by atoms with Gasteiger partial charge in [-0.2, -0.15) is 10.3 Å². The van der Waals surface area contributed by atoms with Crippen molar-refractivity contribution in [2.75, 3.05) is 19.5 Å². The average Bonchev–Trinajstić information content (AvgIpc) is 3.09. The molecular weight excluding hydrogens is 600 g/mol. The third kappa shape index (κ3) is 8.28. The van der Waals surface area contributed by atoms with Crippen molar-refractivity contribution < 1.29 is 23.9 Å². The van der Waals surface area contributed by atoms with E-state index in [0.29, 0.717) is 22.8 Å². The van der Waals surface area contributed by atoms with Crippen molar-refractivity contribution in [3.05, 3.63) is 138 Å². The molecule has 1 N–H and O–H groups in total. The van der Waals surface area contributed by atoms with Crippen LogP contribution in [0.5, 0.6) is 11.5 Å². The lowest BCUT2D eigenvalue weighted by Crippen LogP contribution is -2.42. The van der Waals surface area contributed by atoms with Gasteiger partial charge in [-0.1, -0.05) is 103 Å². The van der Waals surface area contributed by atoms with Crippen LogP contribution in [0.1, 0.15) is 29.7 Å². The van der Waals surface area contributed by atoms with E-state index in [2.05, 4.69) is 16.9 Å². The number of thioether (sulfide) groups is 1. The molecule has 0 unspecified atom stereocenters. The molecule has 1 heterocycles. The summed E-state index contributed by atoms with van der Waals surface area (Å²) < 4.78 is 10.7. The number of benzene rings is 3. The molecule has 3 aromatic rings. The summed E-state index contributed by atoms with van der Waals surface area (Å²) >= 11 is 0.986. The van der Waals surface area contributed by atoms with E-state index in [1.807, 2.05) is 66.7 Å². The van der Waals surface area contributed by atoms with Crippen molar-refractivity contribution in [3.63, 3.8) is 0 Å². The lowest BCUT2D eigenvalue weighted by atomic mass is 9.99. The van der Waals surface area contributed by atoms with Crippen molar-refractivity contribution >= 4 is 40.7 Å². The Morgan fingerprint density at radius 3 is 2.33 bits per heavy atom. The fraction of sp³-hybridized carbons (Fsp3) is 0.139. The zero-order valence-corrected chi connectivity index (χ0v) is 26.2. The molecule has 232 valence electrons. The maximum Gasteiger partial charge on any atom is 0.285 e. The van der Waals surface area contributed by atoms with E-state index in [1.165, 1.54) is 18.1 Å². The van der Waals surface area contributed by atoms with Crippen LogP contribution in [-0.4, -0.2) is 47.3 Å². The molecule has 3 amide bonds. The predicted octanol–water partition coefficient (Wildman–Crippen LogP) is 5.99. The monoisotopic (exact) mass is 632 g/mol. The molecular formula is C36H32N4O5S. The number of allylic oxidation sites excluding steroid dienone is 4. The number of hydrogen-bond acceptors (Lipinski definition) is 7. The SMILES string of the molecule is C=C/C=C\C(=C/C)N1C(=O)/C(=C/c2ccc(OCC#N)c(OC)c2)C(=O)N=C1SCC(=O)NC(c1ccccc1)c1ccccc1. The lowest BCUT2D eigenvalue weighted by molar-refractivity contribution is -0.126. The van der Waals surface area contributed by atoms with E-state index in [4.69, 9.17) is 14.7 Å². The second-order valence-corrected chi connectivity index (χ2v) is 10.6. The summed E-state index contributed by atoms with van der Waals surface area (Å²) in [6, 6.07) is 25.5. The van der Waals surface area contributed by atoms with E-state index < -0.39 is 17.9 Å². The number of nitrogens with zero attached hydrogens (tertiary/aromatic N) is 3. The lowest BCUT2D eigenvalue weighted by Gasteiger charge is -2.28. The third-order valence-electron chi connectivity index (χ3n) is 6.70. The maximum absolute atomic E-state index is 13.9. The molecule has 0 spiro atoms. The first kappa shape index (κ1) is 33.2. The van der Waals surface area contributed by atoms with Crippen LogP contribution in [0, 0.1) is 11.3 Å². The summed E-state index contributed by atoms with van der Waals surface area (Å²) in [6.07, 6.45) is 8.01. The van der Waals surface area contributed by atoms with Crippen LogP contribution < -0.4 is 14.8 Å². The summed E-state index contributed by atoms with van der Waals surface area (Å²) in [4.78, 5) is 46.1. The van der Waals surface area contributed by atoms with E-state index >= 15 is 0 Å². The molecule has 0 saturated carbocycles. The minimum absolute atomic E-state index is 0.0675. The largest absolute Gasteiger partial charge is 0.493 e. The second-order valence-electron chi connectivity index (χ2n) is 9.67. The summed E-state index contributed by atoms with van der Waals surface area (Å²) in [6.45, 7) is 5.28. The molecule has 0 fully saturated rings. The number of methoxy groups -OCH3 is 1. The highest BCUT2D eigenvalue weighted by Crippen LogP contribution is 2.31. The van der Waals surface area contributed by atoms with Gasteiger partial charge in [-0.15, -0.1) is 0 Å². The van der Waals surface area contributed by atoms with Gasteiger partial charge in [-0.25, -0.2) is 0 Å². The van der Waals surface area contributed by atoms with Gasteiger partial charge in [0.25, 0.3) is 11.8 Å². The highest BCUT2D eigenvalue weighted by atomic mass is 32.2. The highest BCUT2D eigenvalue weighted by molar-refractivity contribution is 8.14. The second kappa shape index (κ2) is 16.4. The number of nitrogens with one attached hydrogen (secondary N) is 1. The Morgan fingerprint density at radius 2 is 1.74 bits per heavy atom. The summed E-state index contributed by atoms with van der Waals surface area (Å²) in [5.74, 6) is -1.09. The van der Waals surface area contributed by atoms with Crippen LogP contribution in [-0.2, 0) is 14.4 Å². The Kier molecular flexibility index (Phi) is 11.9. The molecule has 0 aliphatic carbocycles. The number of rotatable bonds is 12. The molecule has 0 saturated heterocycles. The first-order valence-electron chi connectivity index (χ1n) is 14.2. The molecule has 1 aliphatic heterocycles. The van der Waals surface area contributed by atoms with E-state index in [-0.39, 0.29) is 29.0 Å². The number of amidine groups is 1. The zero-order valence-electron chi connectivity index (χ0n) is 25.4. The predicted molar refractivity (Wildman–Crippen MR) is 180 cm³/mol. The van der Waals surface area contributed by atoms with Crippen molar-refractivity contribution in [1.82, 2.24) is 10.2 Å². The van der Waals surface area contributed by atoms with Crippen LogP contribution in [0.25, 0.3) is 6.08 Å². The molecule has 10 heteroatoms. The van der Waals surface area contributed by atoms with Crippen LogP contribution in [0.3, 0.4) is 0 Å². The van der Waals surface area contributed by atoms with Gasteiger partial charge < -0.3 is 14.8 Å². The molecule has 9 nitrogen and oxygen atoms in total. The zero-order chi connectivity index (χ0) is 32.9. The van der Waals surface area contributed by atoms with Gasteiger partial charge >= 0.3 is 0 Å². The Balaban J connectivity index is 1.62. The maximum atomic E-state index is 13.9. The Labute approximate surface area is 272 Å². The summed E-state index contributed by atoms with van der Waals surface area (Å²) in [7, 11) is 1.44. The van der Waals surface area contributed by atoms with Gasteiger partial charge in [0.15, 0.2) is 23.3 Å². The summed E-state index contributed by atoms with van der Waals surface area (Å²) in [5, 5.41) is 12.0. The topological polar surface area (TPSA) is 121 Å². The van der Waals surface area contributed by atoms with Crippen LogP contribution in [0.15, 0.2) is 126 Å². The normalized spacial score (nSPS) is 14.3. The number of amides is 3. The van der Waals surface area contributed by atoms with Crippen molar-refractivity contribution in [2.24, 2.45) is 4.99 Å². The number of carbonyl (C=O) groups excluding carboxylic acids is 3. The van der Waals surface area contributed by atoms with Crippen LogP contribution in [0.4, 0.5) is 0 Å². The van der Waals surface area contributed by atoms with Gasteiger partial charge in [0.05, 0.1) is 18.9 Å². The van der Waals surface area contributed by atoms with Gasteiger partial charge in [0.2, 0.25) is 5.91 Å². The number of aliphatic imine (C=N–C) groups is 1. The minimum Gasteiger partial charge on any atom is -0.493 e. The third-order valence-corrected chi connectivity index (χ3v) is 7.64. The molecule has 1 aliphatic rings. The molecule has 0 aromatic heterocycles. The minimum atomic E-state index is -0.748. The first-order valence-corrected chi connectivity index (χ1v) is 15.2. The standard InChI is InChI=1S/C36H32N4O5S/c1-4-6-17-28(5-2)40-35(43)29(22-25-18-19-30(45-21-20-37)31(23-25)44-3)34(42)39-36(40)46-24-32(41)38-33(26-13-9-7-10-14-26)27-15-11-8-12-16-27/h4-19,22-23,33H,1,21,24H2,2-3H3,(H,38,41)/b17-6-,28-5+,29-22+. The first-order chi connectivity index (χ1) is 22.4. The summed E-state index contributed by atoms with van der Waals surface area (Å²) in [5.41, 5.74) is 2.58. The van der Waals surface area contributed by atoms with Gasteiger partial charge in [0.1, 0.15) is 11.6 Å². The van der Waals surface area contributed by atoms with Gasteiger partial charge in [0, 0.05) is 5.70 Å². The molecule has 0 atom stereocenters.